The number of aliphatic hydroxyl groups is 1. The van der Waals surface area contributed by atoms with Crippen LogP contribution in [0.15, 0.2) is 49.6 Å². The number of unbranched alkanes of at least 4 members (excludes halogenated alkanes) is 2. The smallest absolute Gasteiger partial charge is 0.311 e. The molecule has 1 aromatic heterocycles. The number of rotatable bonds is 13. The zero-order valence-corrected chi connectivity index (χ0v) is 24.6. The van der Waals surface area contributed by atoms with E-state index in [0.717, 1.165) is 17.5 Å². The number of para-hydroxylation sites is 1. The molecule has 2 bridgehead atoms. The Balaban J connectivity index is 1.50. The molecule has 0 aliphatic carbocycles. The molecule has 1 aromatic carbocycles. The quantitative estimate of drug-likeness (QED) is 0.155. The minimum Gasteiger partial charge on any atom is -0.461 e. The Bertz CT molecular complexity index is 1300. The van der Waals surface area contributed by atoms with Crippen LogP contribution in [0.3, 0.4) is 0 Å². The number of carbonyl (C=O) groups excluding carboxylic acids is 3. The second-order valence-corrected chi connectivity index (χ2v) is 13.2. The first-order chi connectivity index (χ1) is 19.4. The van der Waals surface area contributed by atoms with Crippen molar-refractivity contribution in [2.24, 2.45) is 11.8 Å². The van der Waals surface area contributed by atoms with E-state index in [1.165, 1.54) is 6.08 Å². The molecule has 3 saturated heterocycles. The Kier molecular flexibility index (Phi) is 8.67. The number of carbonyl (C=O) groups is 3. The molecular formula is C28H34BrN5O5S. The number of hydrogen-bond acceptors (Lipinski definition) is 8. The number of benzene rings is 1. The monoisotopic (exact) mass is 631 g/mol. The topological polar surface area (TPSA) is 118 Å². The number of halogens is 1. The van der Waals surface area contributed by atoms with Gasteiger partial charge in [-0.05, 0) is 37.8 Å². The van der Waals surface area contributed by atoms with Crippen molar-refractivity contribution in [2.75, 3.05) is 26.3 Å². The van der Waals surface area contributed by atoms with Crippen LogP contribution in [-0.2, 0) is 25.8 Å². The van der Waals surface area contributed by atoms with Crippen LogP contribution in [-0.4, -0.2) is 94.9 Å². The number of esters is 1. The van der Waals surface area contributed by atoms with Gasteiger partial charge < -0.3 is 19.6 Å². The lowest BCUT2D eigenvalue weighted by molar-refractivity contribution is -0.153. The highest BCUT2D eigenvalue weighted by atomic mass is 79.9. The predicted molar refractivity (Wildman–Crippen MR) is 155 cm³/mol. The van der Waals surface area contributed by atoms with Gasteiger partial charge in [-0.2, -0.15) is 0 Å². The lowest BCUT2D eigenvalue weighted by Crippen LogP contribution is -2.55. The van der Waals surface area contributed by atoms with Crippen molar-refractivity contribution < 1.29 is 24.2 Å². The summed E-state index contributed by atoms with van der Waals surface area (Å²) in [6.07, 6.45) is 5.75. The summed E-state index contributed by atoms with van der Waals surface area (Å²) in [4.78, 5) is 45.2. The van der Waals surface area contributed by atoms with Gasteiger partial charge >= 0.3 is 5.97 Å². The molecule has 12 heteroatoms. The van der Waals surface area contributed by atoms with E-state index in [0.29, 0.717) is 25.8 Å². The first-order valence-electron chi connectivity index (χ1n) is 13.6. The number of amides is 2. The highest BCUT2D eigenvalue weighted by Gasteiger charge is 2.76. The Hall–Kier alpha value is -2.70. The second kappa shape index (κ2) is 12.0. The van der Waals surface area contributed by atoms with E-state index in [4.69, 9.17) is 4.74 Å². The third-order valence-corrected chi connectivity index (χ3v) is 11.3. The summed E-state index contributed by atoms with van der Waals surface area (Å²) in [5.74, 6) is -2.11. The second-order valence-electron chi connectivity index (χ2n) is 10.5. The number of ether oxygens (including phenoxy) is 1. The molecule has 3 unspecified atom stereocenters. The lowest BCUT2D eigenvalue weighted by Gasteiger charge is -2.37. The van der Waals surface area contributed by atoms with Gasteiger partial charge in [0.1, 0.15) is 24.8 Å². The number of hydrogen-bond donors (Lipinski definition) is 1. The maximum absolute atomic E-state index is 14.5. The zero-order valence-electron chi connectivity index (χ0n) is 22.2. The van der Waals surface area contributed by atoms with E-state index in [2.05, 4.69) is 39.4 Å². The number of likely N-dealkylation sites (tertiary alicyclic amines) is 1. The molecule has 2 amide bonds. The van der Waals surface area contributed by atoms with Gasteiger partial charge in [0.05, 0.1) is 22.1 Å². The van der Waals surface area contributed by atoms with Gasteiger partial charge in [0.25, 0.3) is 0 Å². The highest BCUT2D eigenvalue weighted by Crippen LogP contribution is 2.68. The molecular weight excluding hydrogens is 598 g/mol. The summed E-state index contributed by atoms with van der Waals surface area (Å²) < 4.78 is 6.36. The highest BCUT2D eigenvalue weighted by molar-refractivity contribution is 9.09. The third kappa shape index (κ3) is 4.87. The molecule has 3 aliphatic rings. The van der Waals surface area contributed by atoms with Crippen LogP contribution in [0.1, 0.15) is 25.7 Å². The van der Waals surface area contributed by atoms with E-state index < -0.39 is 28.6 Å². The Morgan fingerprint density at radius 3 is 2.80 bits per heavy atom. The van der Waals surface area contributed by atoms with Gasteiger partial charge in [0.15, 0.2) is 0 Å². The van der Waals surface area contributed by atoms with E-state index >= 15 is 0 Å². The average Bonchev–Trinajstić information content (AvgIpc) is 3.66. The summed E-state index contributed by atoms with van der Waals surface area (Å²) in [5.41, 5.74) is 1.52. The SMILES string of the molecule is C=CCOC(=O)[C@H]1[C@@H]2SC3(CC2Br)C(C(=O)N(CC=C)Cn2nnc4ccccc42)N(CCCCCO)C(=O)[C@H]13. The van der Waals surface area contributed by atoms with Gasteiger partial charge in [-0.25, -0.2) is 4.68 Å². The molecule has 10 nitrogen and oxygen atoms in total. The van der Waals surface area contributed by atoms with Crippen molar-refractivity contribution in [3.8, 4) is 0 Å². The third-order valence-electron chi connectivity index (χ3n) is 8.08. The van der Waals surface area contributed by atoms with Crippen LogP contribution in [0.2, 0.25) is 0 Å². The normalized spacial score (nSPS) is 28.6. The maximum Gasteiger partial charge on any atom is 0.311 e. The van der Waals surface area contributed by atoms with Crippen LogP contribution >= 0.6 is 27.7 Å². The predicted octanol–water partition coefficient (Wildman–Crippen LogP) is 2.76. The molecule has 1 N–H and O–H groups in total. The first-order valence-corrected chi connectivity index (χ1v) is 15.4. The Labute approximate surface area is 245 Å². The van der Waals surface area contributed by atoms with Crippen molar-refractivity contribution in [1.82, 2.24) is 24.8 Å². The van der Waals surface area contributed by atoms with E-state index in [1.54, 1.807) is 32.3 Å². The van der Waals surface area contributed by atoms with Crippen LogP contribution in [0.5, 0.6) is 0 Å². The summed E-state index contributed by atoms with van der Waals surface area (Å²) >= 11 is 5.34. The fourth-order valence-corrected chi connectivity index (χ4v) is 10.1. The lowest BCUT2D eigenvalue weighted by atomic mass is 9.71. The van der Waals surface area contributed by atoms with E-state index in [9.17, 15) is 19.5 Å². The Morgan fingerprint density at radius 1 is 1.25 bits per heavy atom. The van der Waals surface area contributed by atoms with Crippen molar-refractivity contribution in [2.45, 2.75) is 53.2 Å². The largest absolute Gasteiger partial charge is 0.461 e. The van der Waals surface area contributed by atoms with Gasteiger partial charge in [0.2, 0.25) is 11.8 Å². The summed E-state index contributed by atoms with van der Waals surface area (Å²) in [7, 11) is 0. The molecule has 0 radical (unpaired) electrons. The summed E-state index contributed by atoms with van der Waals surface area (Å²) in [5, 5.41) is 17.6. The zero-order chi connectivity index (χ0) is 28.4. The standard InChI is InChI=1S/C28H34BrN5O5S/c1-3-12-32(17-34-20-11-7-6-10-19(20)30-31-34)26(37)24-28-16-18(29)23(40-28)21(27(38)39-15-4-2)22(28)25(36)33(24)13-8-5-9-14-35/h3-4,6-7,10-11,18,21-24,35H,1-2,5,8-9,12-17H2/t18?,21-,22+,23-,24?,28?/m1/s1. The fourth-order valence-electron chi connectivity index (χ4n) is 6.46. The fraction of sp³-hybridized carbons (Fsp3) is 0.536. The number of thioether (sulfide) groups is 1. The van der Waals surface area contributed by atoms with Crippen molar-refractivity contribution in [1.29, 1.82) is 0 Å². The number of aliphatic hydroxyl groups excluding tert-OH is 1. The number of fused-ring (bicyclic) bond motifs is 2. The van der Waals surface area contributed by atoms with Crippen molar-refractivity contribution >= 4 is 56.5 Å². The van der Waals surface area contributed by atoms with Crippen LogP contribution in [0.4, 0.5) is 0 Å². The van der Waals surface area contributed by atoms with Gasteiger partial charge in [0, 0.05) is 29.8 Å². The molecule has 2 aromatic rings. The number of aromatic nitrogens is 3. The van der Waals surface area contributed by atoms with Gasteiger partial charge in [-0.3, -0.25) is 14.4 Å². The van der Waals surface area contributed by atoms with E-state index in [-0.39, 0.29) is 48.3 Å². The molecule has 40 heavy (non-hydrogen) atoms. The molecule has 6 atom stereocenters. The minimum absolute atomic E-state index is 0.0421. The Morgan fingerprint density at radius 2 is 2.05 bits per heavy atom. The van der Waals surface area contributed by atoms with Crippen molar-refractivity contribution in [3.05, 3.63) is 49.6 Å². The molecule has 5 rings (SSSR count). The first kappa shape index (κ1) is 28.8. The van der Waals surface area contributed by atoms with E-state index in [1.807, 2.05) is 24.3 Å². The van der Waals surface area contributed by atoms with Gasteiger partial charge in [-0.15, -0.1) is 23.4 Å². The molecule has 3 aliphatic heterocycles. The van der Waals surface area contributed by atoms with Crippen LogP contribution in [0, 0.1) is 11.8 Å². The van der Waals surface area contributed by atoms with Crippen LogP contribution in [0.25, 0.3) is 11.0 Å². The van der Waals surface area contributed by atoms with Gasteiger partial charge in [-0.1, -0.05) is 52.0 Å². The molecule has 214 valence electrons. The number of nitrogens with zero attached hydrogens (tertiary/aromatic N) is 5. The molecule has 3 fully saturated rings. The number of alkyl halides is 1. The summed E-state index contributed by atoms with van der Waals surface area (Å²) in [6.45, 7) is 8.41. The maximum atomic E-state index is 14.5. The van der Waals surface area contributed by atoms with Crippen molar-refractivity contribution in [3.63, 3.8) is 0 Å². The molecule has 0 saturated carbocycles. The minimum atomic E-state index is -0.772. The molecule has 1 spiro atoms. The van der Waals surface area contributed by atoms with Crippen LogP contribution < -0.4 is 0 Å². The summed E-state index contributed by atoms with van der Waals surface area (Å²) in [6, 6.07) is 6.77. The molecule has 4 heterocycles. The average molecular weight is 633 g/mol.